The van der Waals surface area contributed by atoms with Gasteiger partial charge in [0.1, 0.15) is 0 Å². The minimum atomic E-state index is -0.0585. The molecule has 24 heavy (non-hydrogen) atoms. The Bertz CT molecular complexity index is 527. The van der Waals surface area contributed by atoms with E-state index in [0.29, 0.717) is 12.5 Å². The Morgan fingerprint density at radius 1 is 1.29 bits per heavy atom. The highest BCUT2D eigenvalue weighted by Crippen LogP contribution is 2.22. The average Bonchev–Trinajstić information content (AvgIpc) is 2.60. The number of hydrogen-bond donors (Lipinski definition) is 1. The predicted octanol–water partition coefficient (Wildman–Crippen LogP) is 2.70. The fraction of sp³-hybridized carbons (Fsp3) is 0.632. The van der Waals surface area contributed by atoms with Gasteiger partial charge < -0.3 is 10.2 Å². The molecule has 1 atom stereocenters. The number of aromatic nitrogens is 1. The van der Waals surface area contributed by atoms with Gasteiger partial charge in [0.2, 0.25) is 11.8 Å². The molecule has 0 saturated heterocycles. The van der Waals surface area contributed by atoms with Crippen molar-refractivity contribution in [1.29, 1.82) is 0 Å². The van der Waals surface area contributed by atoms with Gasteiger partial charge in [0.05, 0.1) is 0 Å². The van der Waals surface area contributed by atoms with Crippen molar-refractivity contribution in [1.82, 2.24) is 15.2 Å². The largest absolute Gasteiger partial charge is 0.353 e. The fourth-order valence-corrected chi connectivity index (χ4v) is 3.34. The quantitative estimate of drug-likeness (QED) is 0.835. The molecule has 1 aliphatic carbocycles. The molecule has 2 amide bonds. The highest BCUT2D eigenvalue weighted by atomic mass is 16.2. The summed E-state index contributed by atoms with van der Waals surface area (Å²) < 4.78 is 0. The molecule has 0 bridgehead atoms. The first-order valence-corrected chi connectivity index (χ1v) is 9.00. The summed E-state index contributed by atoms with van der Waals surface area (Å²) >= 11 is 0. The van der Waals surface area contributed by atoms with E-state index >= 15 is 0 Å². The number of carbonyl (C=O) groups excluding carboxylic acids is 2. The van der Waals surface area contributed by atoms with Gasteiger partial charge in [-0.1, -0.05) is 25.3 Å². The molecule has 0 radical (unpaired) electrons. The maximum absolute atomic E-state index is 12.3. The molecule has 2 rings (SSSR count). The maximum Gasteiger partial charge on any atom is 0.223 e. The summed E-state index contributed by atoms with van der Waals surface area (Å²) in [5.41, 5.74) is 1.10. The van der Waals surface area contributed by atoms with Crippen LogP contribution in [-0.4, -0.2) is 40.8 Å². The number of hydrogen-bond acceptors (Lipinski definition) is 3. The molecule has 1 aromatic rings. The Morgan fingerprint density at radius 2 is 2.04 bits per heavy atom. The number of nitrogens with one attached hydrogen (secondary N) is 1. The summed E-state index contributed by atoms with van der Waals surface area (Å²) in [6.45, 7) is 1.97. The number of amides is 2. The van der Waals surface area contributed by atoms with Gasteiger partial charge >= 0.3 is 0 Å². The second kappa shape index (κ2) is 9.40. The average molecular weight is 331 g/mol. The number of nitrogens with zero attached hydrogens (tertiary/aromatic N) is 2. The van der Waals surface area contributed by atoms with Crippen molar-refractivity contribution in [2.24, 2.45) is 0 Å². The van der Waals surface area contributed by atoms with E-state index in [4.69, 9.17) is 0 Å². The zero-order chi connectivity index (χ0) is 17.4. The van der Waals surface area contributed by atoms with Crippen molar-refractivity contribution >= 4 is 11.8 Å². The molecular weight excluding hydrogens is 302 g/mol. The van der Waals surface area contributed by atoms with E-state index in [2.05, 4.69) is 10.3 Å². The maximum atomic E-state index is 12.3. The molecule has 0 aromatic carbocycles. The van der Waals surface area contributed by atoms with Crippen LogP contribution in [0.1, 0.15) is 57.4 Å². The van der Waals surface area contributed by atoms with Crippen molar-refractivity contribution in [3.05, 3.63) is 30.1 Å². The molecule has 5 heteroatoms. The zero-order valence-electron chi connectivity index (χ0n) is 14.8. The van der Waals surface area contributed by atoms with Gasteiger partial charge in [0.25, 0.3) is 0 Å². The molecule has 0 unspecified atom stereocenters. The van der Waals surface area contributed by atoms with Crippen molar-refractivity contribution in [3.8, 4) is 0 Å². The molecule has 1 aromatic heterocycles. The molecule has 1 aliphatic rings. The Balaban J connectivity index is 1.69. The van der Waals surface area contributed by atoms with Crippen LogP contribution in [0.25, 0.3) is 0 Å². The Hall–Kier alpha value is -1.91. The minimum Gasteiger partial charge on any atom is -0.353 e. The van der Waals surface area contributed by atoms with Gasteiger partial charge in [-0.25, -0.2) is 0 Å². The van der Waals surface area contributed by atoms with Crippen LogP contribution in [0.3, 0.4) is 0 Å². The van der Waals surface area contributed by atoms with Gasteiger partial charge in [0, 0.05) is 44.4 Å². The molecule has 1 N–H and O–H groups in total. The first kappa shape index (κ1) is 18.4. The third-order valence-electron chi connectivity index (χ3n) is 4.75. The van der Waals surface area contributed by atoms with E-state index in [1.165, 1.54) is 19.3 Å². The van der Waals surface area contributed by atoms with Crippen LogP contribution >= 0.6 is 0 Å². The summed E-state index contributed by atoms with van der Waals surface area (Å²) in [5, 5.41) is 2.96. The second-order valence-electron chi connectivity index (χ2n) is 6.83. The van der Waals surface area contributed by atoms with Crippen LogP contribution in [0, 0.1) is 0 Å². The van der Waals surface area contributed by atoms with Gasteiger partial charge in [0.15, 0.2) is 0 Å². The highest BCUT2D eigenvalue weighted by molar-refractivity contribution is 5.83. The zero-order valence-corrected chi connectivity index (χ0v) is 14.8. The third-order valence-corrected chi connectivity index (χ3v) is 4.75. The van der Waals surface area contributed by atoms with Crippen LogP contribution in [-0.2, 0) is 16.0 Å². The minimum absolute atomic E-state index is 0.0351. The van der Waals surface area contributed by atoms with Crippen LogP contribution in [0.4, 0.5) is 0 Å². The van der Waals surface area contributed by atoms with E-state index in [1.807, 2.05) is 37.2 Å². The first-order chi connectivity index (χ1) is 11.6. The number of pyridine rings is 1. The monoisotopic (exact) mass is 331 g/mol. The lowest BCUT2D eigenvalue weighted by Gasteiger charge is -2.31. The van der Waals surface area contributed by atoms with Crippen LogP contribution in [0.2, 0.25) is 0 Å². The Morgan fingerprint density at radius 3 is 2.71 bits per heavy atom. The molecule has 0 spiro atoms. The van der Waals surface area contributed by atoms with Crippen LogP contribution in [0.5, 0.6) is 0 Å². The highest BCUT2D eigenvalue weighted by Gasteiger charge is 2.22. The van der Waals surface area contributed by atoms with E-state index in [-0.39, 0.29) is 24.3 Å². The second-order valence-corrected chi connectivity index (χ2v) is 6.83. The normalized spacial score (nSPS) is 16.4. The van der Waals surface area contributed by atoms with Crippen molar-refractivity contribution in [3.63, 3.8) is 0 Å². The Labute approximate surface area is 144 Å². The van der Waals surface area contributed by atoms with Gasteiger partial charge in [-0.3, -0.25) is 14.6 Å². The molecular formula is C19H29N3O2. The Kier molecular flexibility index (Phi) is 7.22. The summed E-state index contributed by atoms with van der Waals surface area (Å²) in [6.07, 6.45) is 10.7. The lowest BCUT2D eigenvalue weighted by atomic mass is 9.94. The smallest absolute Gasteiger partial charge is 0.223 e. The van der Waals surface area contributed by atoms with Crippen LogP contribution in [0.15, 0.2) is 24.5 Å². The molecule has 132 valence electrons. The van der Waals surface area contributed by atoms with Gasteiger partial charge in [-0.2, -0.15) is 0 Å². The standard InChI is InChI=1S/C19H29N3O2/c1-15(13-16-7-6-12-20-14-16)21-18(23)10-11-19(24)22(2)17-8-4-3-5-9-17/h6-7,12,14-15,17H,3-5,8-11,13H2,1-2H3,(H,21,23)/t15-/m1/s1. The third kappa shape index (κ3) is 5.95. The van der Waals surface area contributed by atoms with E-state index in [9.17, 15) is 9.59 Å². The molecule has 1 heterocycles. The summed E-state index contributed by atoms with van der Waals surface area (Å²) in [6, 6.07) is 4.29. The number of carbonyl (C=O) groups is 2. The van der Waals surface area contributed by atoms with Crippen molar-refractivity contribution in [2.45, 2.75) is 70.4 Å². The van der Waals surface area contributed by atoms with Crippen LogP contribution < -0.4 is 5.32 Å². The van der Waals surface area contributed by atoms with Crippen molar-refractivity contribution < 1.29 is 9.59 Å². The SMILES string of the molecule is C[C@H](Cc1cccnc1)NC(=O)CCC(=O)N(C)C1CCCCC1. The summed E-state index contributed by atoms with van der Waals surface area (Å²) in [4.78, 5) is 30.2. The van der Waals surface area contributed by atoms with Gasteiger partial charge in [-0.05, 0) is 37.8 Å². The van der Waals surface area contributed by atoms with Gasteiger partial charge in [-0.15, -0.1) is 0 Å². The molecule has 1 saturated carbocycles. The predicted molar refractivity (Wildman–Crippen MR) is 94.4 cm³/mol. The summed E-state index contributed by atoms with van der Waals surface area (Å²) in [5.74, 6) is 0.0220. The summed E-state index contributed by atoms with van der Waals surface area (Å²) in [7, 11) is 1.88. The van der Waals surface area contributed by atoms with E-state index < -0.39 is 0 Å². The van der Waals surface area contributed by atoms with E-state index in [1.54, 1.807) is 6.20 Å². The van der Waals surface area contributed by atoms with Crippen molar-refractivity contribution in [2.75, 3.05) is 7.05 Å². The molecule has 0 aliphatic heterocycles. The number of rotatable bonds is 7. The van der Waals surface area contributed by atoms with E-state index in [0.717, 1.165) is 24.8 Å². The lowest BCUT2D eigenvalue weighted by Crippen LogP contribution is -2.39. The first-order valence-electron chi connectivity index (χ1n) is 9.00. The fourth-order valence-electron chi connectivity index (χ4n) is 3.34. The molecule has 1 fully saturated rings. The lowest BCUT2D eigenvalue weighted by molar-refractivity contribution is -0.134. The topological polar surface area (TPSA) is 62.3 Å². The molecule has 5 nitrogen and oxygen atoms in total.